The smallest absolute Gasteiger partial charge is 0.387 e. The molecule has 0 saturated heterocycles. The van der Waals surface area contributed by atoms with Crippen LogP contribution in [0, 0.1) is 0 Å². The molecule has 1 N–H and O–H groups in total. The lowest BCUT2D eigenvalue weighted by Gasteiger charge is -2.28. The fraction of sp³-hybridized carbons (Fsp3) is 0.250. The topological polar surface area (TPSA) is 62.4 Å². The molecule has 0 unspecified atom stereocenters. The number of carbonyl (C=O) groups is 1. The molecule has 0 atom stereocenters. The van der Waals surface area contributed by atoms with Crippen LogP contribution in [0.25, 0.3) is 0 Å². The Balaban J connectivity index is 1.79. The van der Waals surface area contributed by atoms with E-state index in [9.17, 15) is 18.4 Å². The number of rotatable bonds is 3. The standard InChI is InChI=1S/C16H14F2N2O3/c17-16(18)23-13-3-1-2-11(6-13)15(22)20-5-4-10-7-14(21)19-8-12(10)9-20/h1-3,6-8,16H,4-5,9H2,(H,19,21). The van der Waals surface area contributed by atoms with Crippen molar-refractivity contribution in [1.82, 2.24) is 9.88 Å². The van der Waals surface area contributed by atoms with Gasteiger partial charge in [-0.2, -0.15) is 8.78 Å². The number of hydrogen-bond donors (Lipinski definition) is 1. The number of aromatic nitrogens is 1. The van der Waals surface area contributed by atoms with E-state index in [1.165, 1.54) is 24.3 Å². The van der Waals surface area contributed by atoms with Gasteiger partial charge in [0.05, 0.1) is 0 Å². The van der Waals surface area contributed by atoms with Crippen LogP contribution in [0.5, 0.6) is 5.75 Å². The fourth-order valence-corrected chi connectivity index (χ4v) is 2.62. The number of amides is 1. The number of nitrogens with one attached hydrogen (secondary N) is 1. The minimum absolute atomic E-state index is 0.0485. The van der Waals surface area contributed by atoms with E-state index in [1.807, 2.05) is 0 Å². The summed E-state index contributed by atoms with van der Waals surface area (Å²) in [5.74, 6) is -0.311. The molecule has 3 rings (SSSR count). The normalized spacial score (nSPS) is 13.8. The van der Waals surface area contributed by atoms with Crippen molar-refractivity contribution in [2.24, 2.45) is 0 Å². The molecule has 120 valence electrons. The molecule has 5 nitrogen and oxygen atoms in total. The highest BCUT2D eigenvalue weighted by Crippen LogP contribution is 2.21. The zero-order valence-corrected chi connectivity index (χ0v) is 12.1. The first kappa shape index (κ1) is 15.2. The van der Waals surface area contributed by atoms with Gasteiger partial charge in [-0.3, -0.25) is 9.59 Å². The van der Waals surface area contributed by atoms with Crippen LogP contribution in [-0.4, -0.2) is 28.9 Å². The Bertz CT molecular complexity index is 789. The third-order valence-electron chi connectivity index (χ3n) is 3.71. The lowest BCUT2D eigenvalue weighted by molar-refractivity contribution is -0.0499. The van der Waals surface area contributed by atoms with Crippen molar-refractivity contribution in [2.75, 3.05) is 6.54 Å². The van der Waals surface area contributed by atoms with E-state index in [-0.39, 0.29) is 22.8 Å². The van der Waals surface area contributed by atoms with E-state index < -0.39 is 6.61 Å². The quantitative estimate of drug-likeness (QED) is 0.943. The average molecular weight is 320 g/mol. The minimum atomic E-state index is -2.93. The van der Waals surface area contributed by atoms with Crippen molar-refractivity contribution < 1.29 is 18.3 Å². The van der Waals surface area contributed by atoms with Gasteiger partial charge in [0.25, 0.3) is 5.91 Å². The van der Waals surface area contributed by atoms with Crippen LogP contribution in [-0.2, 0) is 13.0 Å². The summed E-state index contributed by atoms with van der Waals surface area (Å²) in [6, 6.07) is 7.27. The van der Waals surface area contributed by atoms with E-state index in [0.717, 1.165) is 11.1 Å². The second-order valence-corrected chi connectivity index (χ2v) is 5.23. The largest absolute Gasteiger partial charge is 0.435 e. The zero-order valence-electron chi connectivity index (χ0n) is 12.1. The Kier molecular flexibility index (Phi) is 4.10. The van der Waals surface area contributed by atoms with Crippen LogP contribution in [0.2, 0.25) is 0 Å². The SMILES string of the molecule is O=C(c1cccc(OC(F)F)c1)N1CCc2cc(=O)[nH]cc2C1. The summed E-state index contributed by atoms with van der Waals surface area (Å²) in [6.45, 7) is -2.10. The Morgan fingerprint density at radius 1 is 1.26 bits per heavy atom. The maximum atomic E-state index is 12.5. The first-order chi connectivity index (χ1) is 11.0. The van der Waals surface area contributed by atoms with Crippen molar-refractivity contribution in [3.63, 3.8) is 0 Å². The Labute approximate surface area is 130 Å². The Morgan fingerprint density at radius 3 is 2.87 bits per heavy atom. The summed E-state index contributed by atoms with van der Waals surface area (Å²) in [5, 5.41) is 0. The molecule has 0 bridgehead atoms. The predicted molar refractivity (Wildman–Crippen MR) is 78.6 cm³/mol. The number of hydrogen-bond acceptors (Lipinski definition) is 3. The Hall–Kier alpha value is -2.70. The molecule has 7 heteroatoms. The number of nitrogens with zero attached hydrogens (tertiary/aromatic N) is 1. The van der Waals surface area contributed by atoms with E-state index in [4.69, 9.17) is 0 Å². The van der Waals surface area contributed by atoms with E-state index >= 15 is 0 Å². The molecule has 0 spiro atoms. The van der Waals surface area contributed by atoms with Gasteiger partial charge in [-0.1, -0.05) is 6.07 Å². The molecule has 1 aliphatic heterocycles. The van der Waals surface area contributed by atoms with Gasteiger partial charge in [-0.15, -0.1) is 0 Å². The van der Waals surface area contributed by atoms with Crippen LogP contribution in [0.15, 0.2) is 41.3 Å². The van der Waals surface area contributed by atoms with Gasteiger partial charge < -0.3 is 14.6 Å². The Morgan fingerprint density at radius 2 is 2.09 bits per heavy atom. The van der Waals surface area contributed by atoms with Crippen LogP contribution in [0.1, 0.15) is 21.5 Å². The second-order valence-electron chi connectivity index (χ2n) is 5.23. The highest BCUT2D eigenvalue weighted by Gasteiger charge is 2.22. The highest BCUT2D eigenvalue weighted by molar-refractivity contribution is 5.94. The molecule has 0 radical (unpaired) electrons. The maximum Gasteiger partial charge on any atom is 0.387 e. The van der Waals surface area contributed by atoms with Crippen LogP contribution < -0.4 is 10.3 Å². The number of alkyl halides is 2. The number of ether oxygens (including phenoxy) is 1. The third-order valence-corrected chi connectivity index (χ3v) is 3.71. The van der Waals surface area contributed by atoms with Gasteiger partial charge in [-0.25, -0.2) is 0 Å². The molecular weight excluding hydrogens is 306 g/mol. The number of carbonyl (C=O) groups excluding carboxylic acids is 1. The average Bonchev–Trinajstić information content (AvgIpc) is 2.53. The first-order valence-corrected chi connectivity index (χ1v) is 7.07. The van der Waals surface area contributed by atoms with Gasteiger partial charge in [0.2, 0.25) is 5.56 Å². The molecule has 1 aliphatic rings. The molecule has 1 aromatic heterocycles. The van der Waals surface area contributed by atoms with Gasteiger partial charge in [0.15, 0.2) is 0 Å². The van der Waals surface area contributed by atoms with Crippen molar-refractivity contribution in [3.8, 4) is 5.75 Å². The molecule has 1 amide bonds. The predicted octanol–water partition coefficient (Wildman–Crippen LogP) is 2.17. The number of pyridine rings is 1. The van der Waals surface area contributed by atoms with Gasteiger partial charge in [-0.05, 0) is 35.7 Å². The van der Waals surface area contributed by atoms with E-state index in [1.54, 1.807) is 17.2 Å². The second kappa shape index (κ2) is 6.20. The van der Waals surface area contributed by atoms with Crippen molar-refractivity contribution in [2.45, 2.75) is 19.6 Å². The summed E-state index contributed by atoms with van der Waals surface area (Å²) >= 11 is 0. The number of halogens is 2. The van der Waals surface area contributed by atoms with Crippen LogP contribution >= 0.6 is 0 Å². The highest BCUT2D eigenvalue weighted by atomic mass is 19.3. The summed E-state index contributed by atoms with van der Waals surface area (Å²) < 4.78 is 28.8. The summed E-state index contributed by atoms with van der Waals surface area (Å²) in [4.78, 5) is 28.0. The maximum absolute atomic E-state index is 12.5. The van der Waals surface area contributed by atoms with E-state index in [2.05, 4.69) is 9.72 Å². The summed E-state index contributed by atoms with van der Waals surface area (Å²) in [7, 11) is 0. The third kappa shape index (κ3) is 3.39. The number of fused-ring (bicyclic) bond motifs is 1. The number of benzene rings is 1. The molecule has 1 aromatic carbocycles. The molecule has 0 saturated carbocycles. The molecule has 2 heterocycles. The number of H-pyrrole nitrogens is 1. The lowest BCUT2D eigenvalue weighted by atomic mass is 10.0. The fourth-order valence-electron chi connectivity index (χ4n) is 2.62. The van der Waals surface area contributed by atoms with Crippen molar-refractivity contribution >= 4 is 5.91 Å². The van der Waals surface area contributed by atoms with Crippen LogP contribution in [0.4, 0.5) is 8.78 Å². The lowest BCUT2D eigenvalue weighted by Crippen LogP contribution is -2.36. The van der Waals surface area contributed by atoms with Crippen molar-refractivity contribution in [1.29, 1.82) is 0 Å². The van der Waals surface area contributed by atoms with E-state index in [0.29, 0.717) is 19.5 Å². The van der Waals surface area contributed by atoms with Gasteiger partial charge in [0, 0.05) is 30.9 Å². The molecule has 0 aliphatic carbocycles. The van der Waals surface area contributed by atoms with Crippen LogP contribution in [0.3, 0.4) is 0 Å². The molecule has 2 aromatic rings. The first-order valence-electron chi connectivity index (χ1n) is 7.07. The van der Waals surface area contributed by atoms with Gasteiger partial charge >= 0.3 is 6.61 Å². The monoisotopic (exact) mass is 320 g/mol. The van der Waals surface area contributed by atoms with Crippen molar-refractivity contribution in [3.05, 3.63) is 63.6 Å². The minimum Gasteiger partial charge on any atom is -0.435 e. The molecular formula is C16H14F2N2O3. The summed E-state index contributed by atoms with van der Waals surface area (Å²) in [5.41, 5.74) is 1.92. The summed E-state index contributed by atoms with van der Waals surface area (Å²) in [6.07, 6.45) is 2.19. The zero-order chi connectivity index (χ0) is 16.4. The number of aromatic amines is 1. The molecule has 0 fully saturated rings. The van der Waals surface area contributed by atoms with Gasteiger partial charge in [0.1, 0.15) is 5.75 Å². The molecule has 23 heavy (non-hydrogen) atoms.